The van der Waals surface area contributed by atoms with Crippen molar-refractivity contribution in [3.8, 4) is 0 Å². The fourth-order valence-corrected chi connectivity index (χ4v) is 0.912. The van der Waals surface area contributed by atoms with Crippen molar-refractivity contribution in [2.45, 2.75) is 32.1 Å². The lowest BCUT2D eigenvalue weighted by molar-refractivity contribution is -0.131. The first-order chi connectivity index (χ1) is 5.77. The molecule has 0 aliphatic rings. The Labute approximate surface area is 72.7 Å². The van der Waals surface area contributed by atoms with Crippen LogP contribution in [0, 0.1) is 0 Å². The van der Waals surface area contributed by atoms with Crippen molar-refractivity contribution in [2.24, 2.45) is 0 Å². The van der Waals surface area contributed by atoms with Gasteiger partial charge in [0.05, 0.1) is 0 Å². The Hall–Kier alpha value is -0.830. The van der Waals surface area contributed by atoms with Gasteiger partial charge in [-0.05, 0) is 19.3 Å². The highest BCUT2D eigenvalue weighted by Crippen LogP contribution is 2.02. The molecule has 0 bridgehead atoms. The third-order valence-electron chi connectivity index (χ3n) is 1.54. The topological polar surface area (TPSA) is 57.5 Å². The predicted molar refractivity (Wildman–Crippen MR) is 46.9 cm³/mol. The minimum atomic E-state index is -0.884. The fraction of sp³-hybridized carbons (Fsp3) is 0.667. The summed E-state index contributed by atoms with van der Waals surface area (Å²) < 4.78 is 0. The van der Waals surface area contributed by atoms with Crippen LogP contribution in [0.3, 0.4) is 0 Å². The third-order valence-corrected chi connectivity index (χ3v) is 1.54. The van der Waals surface area contributed by atoms with E-state index in [0.29, 0.717) is 0 Å². The van der Waals surface area contributed by atoms with E-state index in [1.165, 1.54) is 6.08 Å². The van der Waals surface area contributed by atoms with E-state index >= 15 is 0 Å². The van der Waals surface area contributed by atoms with Crippen molar-refractivity contribution in [3.05, 3.63) is 12.2 Å². The van der Waals surface area contributed by atoms with E-state index in [1.54, 1.807) is 6.08 Å². The van der Waals surface area contributed by atoms with E-state index in [1.807, 2.05) is 0 Å². The Morgan fingerprint density at radius 3 is 2.42 bits per heavy atom. The summed E-state index contributed by atoms with van der Waals surface area (Å²) in [5, 5.41) is 16.7. The maximum absolute atomic E-state index is 10.0. The highest BCUT2D eigenvalue weighted by molar-refractivity contribution is 5.79. The van der Waals surface area contributed by atoms with Gasteiger partial charge >= 0.3 is 5.97 Å². The van der Waals surface area contributed by atoms with E-state index < -0.39 is 5.97 Å². The molecule has 0 aliphatic carbocycles. The van der Waals surface area contributed by atoms with Crippen LogP contribution in [0.4, 0.5) is 0 Å². The number of rotatable bonds is 7. The molecule has 0 aromatic heterocycles. The number of hydrogen-bond donors (Lipinski definition) is 2. The summed E-state index contributed by atoms with van der Waals surface area (Å²) in [4.78, 5) is 10.0. The van der Waals surface area contributed by atoms with Gasteiger partial charge in [0.25, 0.3) is 0 Å². The minimum absolute atomic E-state index is 0.255. The van der Waals surface area contributed by atoms with E-state index in [4.69, 9.17) is 10.2 Å². The number of aliphatic hydroxyl groups is 1. The molecular formula is C9H16O3. The molecule has 0 radical (unpaired) electrons. The predicted octanol–water partition coefficient (Wildman–Crippen LogP) is 1.57. The molecule has 0 aromatic rings. The van der Waals surface area contributed by atoms with Crippen LogP contribution in [0.25, 0.3) is 0 Å². The summed E-state index contributed by atoms with van der Waals surface area (Å²) in [6.07, 6.45) is 7.60. The van der Waals surface area contributed by atoms with Crippen molar-refractivity contribution in [1.29, 1.82) is 0 Å². The van der Waals surface area contributed by atoms with E-state index in [9.17, 15) is 4.79 Å². The summed E-state index contributed by atoms with van der Waals surface area (Å²) >= 11 is 0. The molecule has 0 saturated heterocycles. The molecule has 0 aliphatic heterocycles. The Balaban J connectivity index is 3.05. The van der Waals surface area contributed by atoms with E-state index in [-0.39, 0.29) is 6.61 Å². The third kappa shape index (κ3) is 9.17. The van der Waals surface area contributed by atoms with Gasteiger partial charge in [0.1, 0.15) is 0 Å². The zero-order valence-electron chi connectivity index (χ0n) is 7.20. The lowest BCUT2D eigenvalue weighted by Crippen LogP contribution is -1.86. The van der Waals surface area contributed by atoms with Gasteiger partial charge < -0.3 is 10.2 Å². The Morgan fingerprint density at radius 2 is 1.83 bits per heavy atom. The number of unbranched alkanes of at least 4 members (excludes halogenated alkanes) is 4. The molecule has 3 nitrogen and oxygen atoms in total. The quantitative estimate of drug-likeness (QED) is 0.452. The largest absolute Gasteiger partial charge is 0.478 e. The molecule has 70 valence electrons. The number of carbonyl (C=O) groups is 1. The first kappa shape index (κ1) is 11.2. The molecule has 0 spiro atoms. The molecule has 0 unspecified atom stereocenters. The lowest BCUT2D eigenvalue weighted by atomic mass is 10.1. The van der Waals surface area contributed by atoms with Gasteiger partial charge in [0.15, 0.2) is 0 Å². The second-order valence-corrected chi connectivity index (χ2v) is 2.67. The van der Waals surface area contributed by atoms with Crippen molar-refractivity contribution in [1.82, 2.24) is 0 Å². The van der Waals surface area contributed by atoms with E-state index in [2.05, 4.69) is 0 Å². The second kappa shape index (κ2) is 8.27. The average molecular weight is 172 g/mol. The van der Waals surface area contributed by atoms with E-state index in [0.717, 1.165) is 32.1 Å². The van der Waals surface area contributed by atoms with Crippen LogP contribution in [-0.2, 0) is 4.79 Å². The van der Waals surface area contributed by atoms with Crippen LogP contribution in [-0.4, -0.2) is 22.8 Å². The zero-order chi connectivity index (χ0) is 9.23. The number of aliphatic carboxylic acids is 1. The highest BCUT2D eigenvalue weighted by atomic mass is 16.4. The maximum atomic E-state index is 10.0. The maximum Gasteiger partial charge on any atom is 0.327 e. The smallest absolute Gasteiger partial charge is 0.327 e. The van der Waals surface area contributed by atoms with Crippen LogP contribution >= 0.6 is 0 Å². The van der Waals surface area contributed by atoms with Gasteiger partial charge in [-0.1, -0.05) is 18.9 Å². The molecule has 0 atom stereocenters. The molecule has 0 heterocycles. The van der Waals surface area contributed by atoms with Crippen LogP contribution in [0.5, 0.6) is 0 Å². The molecule has 0 saturated carbocycles. The Bertz CT molecular complexity index is 141. The molecule has 0 fully saturated rings. The summed E-state index contributed by atoms with van der Waals surface area (Å²) in [6, 6.07) is 0. The van der Waals surface area contributed by atoms with Crippen molar-refractivity contribution in [2.75, 3.05) is 6.61 Å². The highest BCUT2D eigenvalue weighted by Gasteiger charge is 1.88. The van der Waals surface area contributed by atoms with Crippen molar-refractivity contribution in [3.63, 3.8) is 0 Å². The van der Waals surface area contributed by atoms with Crippen LogP contribution in [0.15, 0.2) is 12.2 Å². The summed E-state index contributed by atoms with van der Waals surface area (Å²) in [6.45, 7) is 0.255. The molecule has 0 rings (SSSR count). The molecule has 0 aromatic carbocycles. The Kier molecular flexibility index (Phi) is 7.70. The Morgan fingerprint density at radius 1 is 1.17 bits per heavy atom. The standard InChI is InChI=1S/C9H16O3/c10-8-6-4-2-1-3-5-7-9(11)12/h5,7,10H,1-4,6,8H2,(H,11,12). The number of hydrogen-bond acceptors (Lipinski definition) is 2. The zero-order valence-corrected chi connectivity index (χ0v) is 7.20. The monoisotopic (exact) mass is 172 g/mol. The van der Waals surface area contributed by atoms with Crippen molar-refractivity contribution >= 4 is 5.97 Å². The van der Waals surface area contributed by atoms with Gasteiger partial charge in [-0.2, -0.15) is 0 Å². The van der Waals surface area contributed by atoms with Crippen molar-refractivity contribution < 1.29 is 15.0 Å². The summed E-state index contributed by atoms with van der Waals surface area (Å²) in [5.74, 6) is -0.884. The van der Waals surface area contributed by atoms with Gasteiger partial charge in [-0.25, -0.2) is 4.79 Å². The lowest BCUT2D eigenvalue weighted by Gasteiger charge is -1.94. The van der Waals surface area contributed by atoms with Crippen LogP contribution < -0.4 is 0 Å². The summed E-state index contributed by atoms with van der Waals surface area (Å²) in [7, 11) is 0. The number of carboxylic acid groups (broad SMARTS) is 1. The minimum Gasteiger partial charge on any atom is -0.478 e. The molecule has 2 N–H and O–H groups in total. The number of carboxylic acids is 1. The second-order valence-electron chi connectivity index (χ2n) is 2.67. The number of allylic oxidation sites excluding steroid dienone is 1. The van der Waals surface area contributed by atoms with Gasteiger partial charge in [0, 0.05) is 12.7 Å². The van der Waals surface area contributed by atoms with Gasteiger partial charge in [0.2, 0.25) is 0 Å². The van der Waals surface area contributed by atoms with Crippen LogP contribution in [0.2, 0.25) is 0 Å². The average Bonchev–Trinajstić information content (AvgIpc) is 2.02. The first-order valence-electron chi connectivity index (χ1n) is 4.27. The molecule has 0 amide bonds. The molecule has 3 heteroatoms. The van der Waals surface area contributed by atoms with Gasteiger partial charge in [-0.3, -0.25) is 0 Å². The normalized spacial score (nSPS) is 10.8. The SMILES string of the molecule is O=C(O)C=CCCCCCCO. The summed E-state index contributed by atoms with van der Waals surface area (Å²) in [5.41, 5.74) is 0. The molecule has 12 heavy (non-hydrogen) atoms. The molecular weight excluding hydrogens is 156 g/mol. The van der Waals surface area contributed by atoms with Gasteiger partial charge in [-0.15, -0.1) is 0 Å². The fourth-order valence-electron chi connectivity index (χ4n) is 0.912. The number of aliphatic hydroxyl groups excluding tert-OH is 1. The first-order valence-corrected chi connectivity index (χ1v) is 4.27. The van der Waals surface area contributed by atoms with Crippen LogP contribution in [0.1, 0.15) is 32.1 Å².